The number of ether oxygens (including phenoxy) is 2. The highest BCUT2D eigenvalue weighted by atomic mass is 32.5. The van der Waals surface area contributed by atoms with E-state index in [4.69, 9.17) is 14.0 Å². The fourth-order valence-electron chi connectivity index (χ4n) is 2.35. The van der Waals surface area contributed by atoms with Gasteiger partial charge in [-0.1, -0.05) is 0 Å². The molecule has 0 aromatic rings. The summed E-state index contributed by atoms with van der Waals surface area (Å²) in [6, 6.07) is 0. The molecular weight excluding hydrogens is 255 g/mol. The van der Waals surface area contributed by atoms with Crippen LogP contribution in [0.25, 0.3) is 0 Å². The minimum absolute atomic E-state index is 0.253. The number of fused-ring (bicyclic) bond motifs is 2. The van der Waals surface area contributed by atoms with Gasteiger partial charge in [-0.05, 0) is 18.7 Å². The van der Waals surface area contributed by atoms with E-state index in [1.54, 1.807) is 6.92 Å². The Hall–Kier alpha value is 0.410. The summed E-state index contributed by atoms with van der Waals surface area (Å²) in [6.07, 6.45) is -0.949. The molecule has 2 aliphatic rings. The van der Waals surface area contributed by atoms with Crippen LogP contribution in [0.5, 0.6) is 0 Å². The predicted molar refractivity (Wildman–Crippen MR) is 58.3 cm³/mol. The first-order valence-electron chi connectivity index (χ1n) is 5.02. The number of rotatable bonds is 3. The third-order valence-electron chi connectivity index (χ3n) is 3.05. The molecule has 2 saturated heterocycles. The van der Waals surface area contributed by atoms with Gasteiger partial charge in [-0.25, -0.2) is 0 Å². The van der Waals surface area contributed by atoms with Crippen molar-refractivity contribution in [3.8, 4) is 0 Å². The van der Waals surface area contributed by atoms with Gasteiger partial charge in [0.05, 0.1) is 19.3 Å². The van der Waals surface area contributed by atoms with Gasteiger partial charge in [0.1, 0.15) is 17.8 Å². The minimum Gasteiger partial charge on any atom is -0.393 e. The third kappa shape index (κ3) is 2.19. The van der Waals surface area contributed by atoms with E-state index in [1.807, 2.05) is 0 Å². The number of hydrogen-bond donors (Lipinski definition) is 3. The standard InChI is InChI=1S/C8H15O6PS/c1-5-6-7(14-15(10,11)16)8(4-9,13-5)2-3-12-6/h5-7,9H,2-4H2,1H3,(H2,10,11,16)/t5-,6+,7?,8+/m0/s1. The first-order valence-corrected chi connectivity index (χ1v) is 7.65. The van der Waals surface area contributed by atoms with Gasteiger partial charge in [-0.15, -0.1) is 0 Å². The molecule has 0 spiro atoms. The second kappa shape index (κ2) is 4.26. The molecule has 8 heteroatoms. The number of aliphatic hydroxyl groups is 1. The molecule has 16 heavy (non-hydrogen) atoms. The summed E-state index contributed by atoms with van der Waals surface area (Å²) in [5, 5.41) is 9.41. The van der Waals surface area contributed by atoms with Gasteiger partial charge >= 0.3 is 6.72 Å². The van der Waals surface area contributed by atoms with Gasteiger partial charge in [0, 0.05) is 6.42 Å². The maximum absolute atomic E-state index is 9.41. The first-order chi connectivity index (χ1) is 7.38. The van der Waals surface area contributed by atoms with E-state index < -0.39 is 24.5 Å². The average Bonchev–Trinajstić information content (AvgIpc) is 2.33. The van der Waals surface area contributed by atoms with E-state index in [2.05, 4.69) is 11.8 Å². The quantitative estimate of drug-likeness (QED) is 0.597. The second-order valence-corrected chi connectivity index (χ2v) is 6.77. The maximum atomic E-state index is 9.41. The van der Waals surface area contributed by atoms with Crippen molar-refractivity contribution in [3.05, 3.63) is 0 Å². The molecule has 2 fully saturated rings. The third-order valence-corrected chi connectivity index (χ3v) is 3.81. The maximum Gasteiger partial charge on any atom is 0.322 e. The molecule has 0 aromatic heterocycles. The van der Waals surface area contributed by atoms with Crippen LogP contribution in [0.3, 0.4) is 0 Å². The lowest BCUT2D eigenvalue weighted by atomic mass is 9.90. The van der Waals surface area contributed by atoms with Crippen molar-refractivity contribution < 1.29 is 28.9 Å². The minimum atomic E-state index is -3.79. The van der Waals surface area contributed by atoms with Crippen LogP contribution in [0.15, 0.2) is 0 Å². The molecule has 4 atom stereocenters. The molecule has 1 unspecified atom stereocenters. The Morgan fingerprint density at radius 2 is 2.25 bits per heavy atom. The van der Waals surface area contributed by atoms with Crippen molar-refractivity contribution in [1.29, 1.82) is 0 Å². The van der Waals surface area contributed by atoms with Crippen molar-refractivity contribution in [2.24, 2.45) is 0 Å². The summed E-state index contributed by atoms with van der Waals surface area (Å²) < 4.78 is 16.1. The summed E-state index contributed by atoms with van der Waals surface area (Å²) in [6.45, 7) is -1.79. The Labute approximate surface area is 98.4 Å². The highest BCUT2D eigenvalue weighted by molar-refractivity contribution is 8.06. The summed E-state index contributed by atoms with van der Waals surface area (Å²) in [4.78, 5) is 18.4. The lowest BCUT2D eigenvalue weighted by molar-refractivity contribution is -0.132. The zero-order valence-corrected chi connectivity index (χ0v) is 10.5. The fourth-order valence-corrected chi connectivity index (χ4v) is 3.24. The average molecular weight is 270 g/mol. The summed E-state index contributed by atoms with van der Waals surface area (Å²) in [7, 11) is 0. The Morgan fingerprint density at radius 3 is 2.81 bits per heavy atom. The zero-order valence-electron chi connectivity index (χ0n) is 8.78. The monoisotopic (exact) mass is 270 g/mol. The van der Waals surface area contributed by atoms with Crippen LogP contribution in [0.4, 0.5) is 0 Å². The van der Waals surface area contributed by atoms with Crippen LogP contribution in [0.2, 0.25) is 0 Å². The van der Waals surface area contributed by atoms with Crippen LogP contribution in [-0.2, 0) is 25.8 Å². The molecule has 0 saturated carbocycles. The Bertz CT molecular complexity index is 320. The summed E-state index contributed by atoms with van der Waals surface area (Å²) in [5.74, 6) is 0. The first kappa shape index (κ1) is 12.9. The molecule has 0 radical (unpaired) electrons. The molecule has 3 N–H and O–H groups in total. The summed E-state index contributed by atoms with van der Waals surface area (Å²) in [5.41, 5.74) is -0.919. The highest BCUT2D eigenvalue weighted by Crippen LogP contribution is 2.49. The lowest BCUT2D eigenvalue weighted by Gasteiger charge is -2.37. The largest absolute Gasteiger partial charge is 0.393 e. The molecule has 2 heterocycles. The Balaban J connectivity index is 2.24. The number of aliphatic hydroxyl groups excluding tert-OH is 1. The molecular formula is C8H15O6PS. The van der Waals surface area contributed by atoms with Crippen molar-refractivity contribution in [3.63, 3.8) is 0 Å². The Morgan fingerprint density at radius 1 is 1.56 bits per heavy atom. The second-order valence-electron chi connectivity index (χ2n) is 4.15. The van der Waals surface area contributed by atoms with Crippen LogP contribution in [0.1, 0.15) is 13.3 Å². The van der Waals surface area contributed by atoms with Gasteiger partial charge in [0.2, 0.25) is 0 Å². The fraction of sp³-hybridized carbons (Fsp3) is 1.00. The van der Waals surface area contributed by atoms with Gasteiger partial charge in [0.15, 0.2) is 0 Å². The normalized spacial score (nSPS) is 43.6. The topological polar surface area (TPSA) is 88.4 Å². The van der Waals surface area contributed by atoms with Crippen LogP contribution >= 0.6 is 6.72 Å². The molecule has 0 aliphatic carbocycles. The molecule has 2 aliphatic heterocycles. The smallest absolute Gasteiger partial charge is 0.322 e. The SMILES string of the molecule is C[C@@H]1O[C@@]2(CO)CCO[C@H]1C2OP(O)(O)=S. The van der Waals surface area contributed by atoms with E-state index >= 15 is 0 Å². The van der Waals surface area contributed by atoms with Crippen molar-refractivity contribution in [1.82, 2.24) is 0 Å². The summed E-state index contributed by atoms with van der Waals surface area (Å²) >= 11 is 4.44. The Kier molecular flexibility index (Phi) is 3.42. The molecule has 94 valence electrons. The van der Waals surface area contributed by atoms with Crippen LogP contribution in [-0.4, -0.2) is 52.0 Å². The molecule has 2 rings (SSSR count). The van der Waals surface area contributed by atoms with E-state index in [0.29, 0.717) is 13.0 Å². The van der Waals surface area contributed by atoms with Crippen molar-refractivity contribution >= 4 is 18.5 Å². The highest BCUT2D eigenvalue weighted by Gasteiger charge is 2.58. The van der Waals surface area contributed by atoms with Crippen LogP contribution < -0.4 is 0 Å². The van der Waals surface area contributed by atoms with Crippen molar-refractivity contribution in [2.75, 3.05) is 13.2 Å². The number of hydrogen-bond acceptors (Lipinski definition) is 5. The van der Waals surface area contributed by atoms with Gasteiger partial charge in [-0.2, -0.15) is 0 Å². The lowest BCUT2D eigenvalue weighted by Crippen LogP contribution is -2.52. The van der Waals surface area contributed by atoms with Crippen LogP contribution in [0, 0.1) is 0 Å². The molecule has 2 bridgehead atoms. The van der Waals surface area contributed by atoms with Gasteiger partial charge in [-0.3, -0.25) is 4.52 Å². The van der Waals surface area contributed by atoms with E-state index in [0.717, 1.165) is 0 Å². The van der Waals surface area contributed by atoms with Gasteiger partial charge in [0.25, 0.3) is 0 Å². The van der Waals surface area contributed by atoms with Gasteiger partial charge < -0.3 is 24.4 Å². The zero-order chi connectivity index (χ0) is 12.0. The van der Waals surface area contributed by atoms with E-state index in [-0.39, 0.29) is 12.7 Å². The van der Waals surface area contributed by atoms with E-state index in [9.17, 15) is 14.9 Å². The molecule has 0 amide bonds. The predicted octanol–water partition coefficient (Wildman–Crippen LogP) is -0.481. The van der Waals surface area contributed by atoms with Crippen molar-refractivity contribution in [2.45, 2.75) is 37.3 Å². The molecule has 6 nitrogen and oxygen atoms in total. The molecule has 0 aromatic carbocycles. The van der Waals surface area contributed by atoms with E-state index in [1.165, 1.54) is 0 Å².